The number of rotatable bonds is 5. The molecule has 0 aliphatic carbocycles. The molecule has 0 aliphatic rings. The van der Waals surface area contributed by atoms with Gasteiger partial charge in [0, 0.05) is 40.3 Å². The lowest BCUT2D eigenvalue weighted by Gasteiger charge is -2.11. The summed E-state index contributed by atoms with van der Waals surface area (Å²) >= 11 is 5.94. The zero-order valence-corrected chi connectivity index (χ0v) is 19.1. The maximum Gasteiger partial charge on any atom is 0.256 e. The summed E-state index contributed by atoms with van der Waals surface area (Å²) in [6.07, 6.45) is 0. The summed E-state index contributed by atoms with van der Waals surface area (Å²) in [6, 6.07) is 25.2. The SMILES string of the molecule is COc1ccc(-c2nc(NC(=O)c3cccc(CCl)c3)cc3c4ccccc4n(C)c23)cc1. The lowest BCUT2D eigenvalue weighted by Crippen LogP contribution is -2.13. The average molecular weight is 456 g/mol. The third-order valence-corrected chi connectivity index (χ3v) is 6.14. The Morgan fingerprint density at radius 3 is 2.55 bits per heavy atom. The van der Waals surface area contributed by atoms with E-state index in [4.69, 9.17) is 21.3 Å². The van der Waals surface area contributed by atoms with Gasteiger partial charge in [-0.25, -0.2) is 4.98 Å². The molecule has 0 atom stereocenters. The van der Waals surface area contributed by atoms with Crippen LogP contribution in [0.25, 0.3) is 33.1 Å². The number of fused-ring (bicyclic) bond motifs is 3. The summed E-state index contributed by atoms with van der Waals surface area (Å²) in [6.45, 7) is 0. The van der Waals surface area contributed by atoms with Crippen LogP contribution in [0.5, 0.6) is 5.75 Å². The van der Waals surface area contributed by atoms with Gasteiger partial charge in [0.1, 0.15) is 11.6 Å². The van der Waals surface area contributed by atoms with Gasteiger partial charge in [0.05, 0.1) is 18.3 Å². The fourth-order valence-corrected chi connectivity index (χ4v) is 4.36. The number of benzene rings is 3. The molecule has 0 fully saturated rings. The Bertz CT molecular complexity index is 1490. The number of anilines is 1. The molecule has 0 saturated carbocycles. The van der Waals surface area contributed by atoms with E-state index in [-0.39, 0.29) is 5.91 Å². The third kappa shape index (κ3) is 3.81. The largest absolute Gasteiger partial charge is 0.497 e. The molecular formula is C27H22ClN3O2. The summed E-state index contributed by atoms with van der Waals surface area (Å²) in [5.41, 5.74) is 5.26. The molecule has 1 amide bonds. The fourth-order valence-electron chi connectivity index (χ4n) is 4.20. The van der Waals surface area contributed by atoms with Crippen molar-refractivity contribution >= 4 is 45.1 Å². The Hall–Kier alpha value is -3.83. The number of nitrogens with one attached hydrogen (secondary N) is 1. The number of carbonyl (C=O) groups is 1. The van der Waals surface area contributed by atoms with Crippen LogP contribution in [0.15, 0.2) is 78.9 Å². The molecule has 2 aromatic heterocycles. The summed E-state index contributed by atoms with van der Waals surface area (Å²) in [5, 5.41) is 5.11. The van der Waals surface area contributed by atoms with E-state index in [1.807, 2.05) is 61.6 Å². The molecule has 6 heteroatoms. The zero-order valence-electron chi connectivity index (χ0n) is 18.3. The van der Waals surface area contributed by atoms with E-state index in [0.29, 0.717) is 17.3 Å². The van der Waals surface area contributed by atoms with E-state index in [1.165, 1.54) is 0 Å². The third-order valence-electron chi connectivity index (χ3n) is 5.83. The van der Waals surface area contributed by atoms with E-state index in [1.54, 1.807) is 19.2 Å². The van der Waals surface area contributed by atoms with Gasteiger partial charge in [0.2, 0.25) is 0 Å². The molecule has 0 spiro atoms. The quantitative estimate of drug-likeness (QED) is 0.312. The lowest BCUT2D eigenvalue weighted by atomic mass is 10.1. The Morgan fingerprint density at radius 1 is 1.00 bits per heavy atom. The molecular weight excluding hydrogens is 434 g/mol. The Labute approximate surface area is 196 Å². The highest BCUT2D eigenvalue weighted by molar-refractivity contribution is 6.17. The van der Waals surface area contributed by atoms with Crippen LogP contribution in [-0.2, 0) is 12.9 Å². The molecule has 0 saturated heterocycles. The smallest absolute Gasteiger partial charge is 0.256 e. The minimum atomic E-state index is -0.227. The van der Waals surface area contributed by atoms with Gasteiger partial charge in [-0.2, -0.15) is 0 Å². The minimum Gasteiger partial charge on any atom is -0.497 e. The molecule has 0 aliphatic heterocycles. The molecule has 2 heterocycles. The zero-order chi connectivity index (χ0) is 22.9. The monoisotopic (exact) mass is 455 g/mol. The Balaban J connectivity index is 1.68. The van der Waals surface area contributed by atoms with E-state index in [9.17, 15) is 4.79 Å². The number of ether oxygens (including phenoxy) is 1. The molecule has 0 radical (unpaired) electrons. The van der Waals surface area contributed by atoms with Crippen LogP contribution in [0.4, 0.5) is 5.82 Å². The first-order valence-corrected chi connectivity index (χ1v) is 11.1. The van der Waals surface area contributed by atoms with Crippen molar-refractivity contribution in [2.24, 2.45) is 7.05 Å². The molecule has 5 nitrogen and oxygen atoms in total. The van der Waals surface area contributed by atoms with Crippen molar-refractivity contribution in [3.05, 3.63) is 90.0 Å². The second kappa shape index (κ2) is 8.60. The maximum atomic E-state index is 13.0. The highest BCUT2D eigenvalue weighted by Gasteiger charge is 2.17. The van der Waals surface area contributed by atoms with Crippen LogP contribution in [0.1, 0.15) is 15.9 Å². The maximum absolute atomic E-state index is 13.0. The lowest BCUT2D eigenvalue weighted by molar-refractivity contribution is 0.102. The number of pyridine rings is 1. The second-order valence-corrected chi connectivity index (χ2v) is 8.11. The Morgan fingerprint density at radius 2 is 1.79 bits per heavy atom. The highest BCUT2D eigenvalue weighted by Crippen LogP contribution is 2.36. The Kier molecular flexibility index (Phi) is 5.48. The van der Waals surface area contributed by atoms with Gasteiger partial charge >= 0.3 is 0 Å². The molecule has 5 rings (SSSR count). The predicted octanol–water partition coefficient (Wildman–Crippen LogP) is 6.39. The van der Waals surface area contributed by atoms with Gasteiger partial charge in [0.15, 0.2) is 0 Å². The number of hydrogen-bond acceptors (Lipinski definition) is 3. The predicted molar refractivity (Wildman–Crippen MR) is 134 cm³/mol. The fraction of sp³-hybridized carbons (Fsp3) is 0.111. The summed E-state index contributed by atoms with van der Waals surface area (Å²) in [7, 11) is 3.68. The van der Waals surface area contributed by atoms with Crippen molar-refractivity contribution in [3.8, 4) is 17.0 Å². The molecule has 0 bridgehead atoms. The molecule has 164 valence electrons. The summed E-state index contributed by atoms with van der Waals surface area (Å²) in [5.74, 6) is 1.39. The van der Waals surface area contributed by atoms with Crippen molar-refractivity contribution in [3.63, 3.8) is 0 Å². The molecule has 5 aromatic rings. The van der Waals surface area contributed by atoms with E-state index < -0.39 is 0 Å². The summed E-state index contributed by atoms with van der Waals surface area (Å²) in [4.78, 5) is 17.9. The first-order chi connectivity index (χ1) is 16.1. The van der Waals surface area contributed by atoms with E-state index in [0.717, 1.165) is 44.4 Å². The number of amides is 1. The van der Waals surface area contributed by atoms with Gasteiger partial charge < -0.3 is 14.6 Å². The van der Waals surface area contributed by atoms with E-state index >= 15 is 0 Å². The molecule has 33 heavy (non-hydrogen) atoms. The average Bonchev–Trinajstić information content (AvgIpc) is 3.15. The molecule has 0 unspecified atom stereocenters. The van der Waals surface area contributed by atoms with Gasteiger partial charge in [-0.1, -0.05) is 30.3 Å². The summed E-state index contributed by atoms with van der Waals surface area (Å²) < 4.78 is 7.46. The minimum absolute atomic E-state index is 0.227. The first kappa shape index (κ1) is 21.0. The standard InChI is InChI=1S/C27H22ClN3O2/c1-31-23-9-4-3-8-21(23)22-15-24(30-27(32)19-7-5-6-17(14-19)16-28)29-25(26(22)31)18-10-12-20(33-2)13-11-18/h3-15H,16H2,1-2H3,(H,29,30,32). The van der Waals surface area contributed by atoms with Crippen molar-refractivity contribution in [1.82, 2.24) is 9.55 Å². The van der Waals surface area contributed by atoms with Crippen molar-refractivity contribution in [2.45, 2.75) is 5.88 Å². The van der Waals surface area contributed by atoms with Gasteiger partial charge in [-0.15, -0.1) is 11.6 Å². The van der Waals surface area contributed by atoms with Gasteiger partial charge in [-0.05, 0) is 54.1 Å². The number of hydrogen-bond donors (Lipinski definition) is 1. The number of aryl methyl sites for hydroxylation is 1. The van der Waals surface area contributed by atoms with Crippen molar-refractivity contribution in [2.75, 3.05) is 12.4 Å². The second-order valence-electron chi connectivity index (χ2n) is 7.85. The number of halogens is 1. The van der Waals surface area contributed by atoms with E-state index in [2.05, 4.69) is 22.0 Å². The van der Waals surface area contributed by atoms with Crippen molar-refractivity contribution in [1.29, 1.82) is 0 Å². The number of aromatic nitrogens is 2. The number of carbonyl (C=O) groups excluding carboxylic acids is 1. The number of alkyl halides is 1. The normalized spacial score (nSPS) is 11.1. The topological polar surface area (TPSA) is 56.1 Å². The van der Waals surface area contributed by atoms with Crippen LogP contribution in [0, 0.1) is 0 Å². The molecule has 3 aromatic carbocycles. The number of methoxy groups -OCH3 is 1. The highest BCUT2D eigenvalue weighted by atomic mass is 35.5. The number of para-hydroxylation sites is 1. The van der Waals surface area contributed by atoms with Crippen LogP contribution in [0.2, 0.25) is 0 Å². The van der Waals surface area contributed by atoms with Crippen LogP contribution in [-0.4, -0.2) is 22.6 Å². The van der Waals surface area contributed by atoms with Crippen LogP contribution < -0.4 is 10.1 Å². The van der Waals surface area contributed by atoms with Crippen LogP contribution in [0.3, 0.4) is 0 Å². The molecule has 1 N–H and O–H groups in total. The number of nitrogens with zero attached hydrogens (tertiary/aromatic N) is 2. The van der Waals surface area contributed by atoms with Crippen LogP contribution >= 0.6 is 11.6 Å². The first-order valence-electron chi connectivity index (χ1n) is 10.6. The van der Waals surface area contributed by atoms with Gasteiger partial charge in [-0.3, -0.25) is 4.79 Å². The van der Waals surface area contributed by atoms with Crippen molar-refractivity contribution < 1.29 is 9.53 Å². The van der Waals surface area contributed by atoms with Gasteiger partial charge in [0.25, 0.3) is 5.91 Å².